The third-order valence-corrected chi connectivity index (χ3v) is 9.64. The molecule has 2 aromatic rings. The fraction of sp³-hybridized carbons (Fsp3) is 0.571. The van der Waals surface area contributed by atoms with Crippen LogP contribution in [0.4, 0.5) is 21.9 Å². The Labute approximate surface area is 289 Å². The number of fused-ring (bicyclic) bond motifs is 4. The number of imide groups is 1. The first-order valence-electron chi connectivity index (χ1n) is 16.2. The summed E-state index contributed by atoms with van der Waals surface area (Å²) in [5.41, 5.74) is 1.68. The molecule has 0 aromatic heterocycles. The Morgan fingerprint density at radius 1 is 0.833 bits per heavy atom. The van der Waals surface area contributed by atoms with E-state index in [0.29, 0.717) is 24.5 Å². The molecule has 2 aromatic carbocycles. The third-order valence-electron chi connectivity index (χ3n) is 9.15. The van der Waals surface area contributed by atoms with E-state index in [1.54, 1.807) is 40.7 Å². The van der Waals surface area contributed by atoms with E-state index in [4.69, 9.17) is 28.4 Å². The van der Waals surface area contributed by atoms with E-state index >= 15 is 0 Å². The van der Waals surface area contributed by atoms with Crippen molar-refractivity contribution in [1.82, 2.24) is 0 Å². The quantitative estimate of drug-likeness (QED) is 0.416. The largest absolute Gasteiger partial charge is 0.443 e. The molecular weight excluding hydrogens is 686 g/mol. The minimum absolute atomic E-state index is 0.0397. The summed E-state index contributed by atoms with van der Waals surface area (Å²) in [6.45, 7) is 16.8. The zero-order valence-electron chi connectivity index (χ0n) is 28.6. The van der Waals surface area contributed by atoms with Crippen molar-refractivity contribution in [3.05, 3.63) is 52.0 Å². The number of ether oxygens (including phenoxy) is 6. The first kappa shape index (κ1) is 34.8. The fourth-order valence-electron chi connectivity index (χ4n) is 6.38. The average molecular weight is 731 g/mol. The van der Waals surface area contributed by atoms with Crippen molar-refractivity contribution in [2.24, 2.45) is 0 Å². The molecule has 3 fully saturated rings. The number of hydrogen-bond donors (Lipinski definition) is 1. The summed E-state index contributed by atoms with van der Waals surface area (Å²) in [6, 6.07) is 11.6. The Kier molecular flexibility index (Phi) is 8.96. The van der Waals surface area contributed by atoms with Crippen molar-refractivity contribution in [3.8, 4) is 0 Å². The van der Waals surface area contributed by atoms with Gasteiger partial charge in [-0.15, -0.1) is 0 Å². The molecule has 5 aliphatic rings. The van der Waals surface area contributed by atoms with Crippen molar-refractivity contribution < 1.29 is 42.8 Å². The lowest BCUT2D eigenvalue weighted by Gasteiger charge is -2.40. The van der Waals surface area contributed by atoms with Crippen LogP contribution in [0, 0.1) is 0 Å². The molecule has 1 N–H and O–H groups in total. The summed E-state index contributed by atoms with van der Waals surface area (Å²) < 4.78 is 34.6. The molecule has 12 nitrogen and oxygen atoms in total. The lowest BCUT2D eigenvalue weighted by molar-refractivity contribution is -0.265. The van der Waals surface area contributed by atoms with Gasteiger partial charge in [-0.05, 0) is 83.9 Å². The second-order valence-electron chi connectivity index (χ2n) is 14.7. The molecule has 48 heavy (non-hydrogen) atoms. The molecule has 260 valence electrons. The first-order valence-corrected chi connectivity index (χ1v) is 17.0. The van der Waals surface area contributed by atoms with Gasteiger partial charge in [0.1, 0.15) is 16.4 Å². The minimum atomic E-state index is -1.04. The smallest absolute Gasteiger partial charge is 0.421 e. The molecule has 0 aliphatic carbocycles. The summed E-state index contributed by atoms with van der Waals surface area (Å²) in [7, 11) is 0. The molecule has 13 heteroatoms. The van der Waals surface area contributed by atoms with E-state index in [9.17, 15) is 14.4 Å². The van der Waals surface area contributed by atoms with E-state index in [1.165, 1.54) is 0 Å². The summed E-state index contributed by atoms with van der Waals surface area (Å²) in [5, 5.41) is 3.01. The van der Waals surface area contributed by atoms with Crippen LogP contribution in [0.25, 0.3) is 0 Å². The average Bonchev–Trinajstić information content (AvgIpc) is 3.42. The van der Waals surface area contributed by atoms with Gasteiger partial charge >= 0.3 is 6.09 Å². The maximum absolute atomic E-state index is 13.2. The molecule has 3 amide bonds. The molecule has 0 bridgehead atoms. The number of carbonyl (C=O) groups is 3. The Morgan fingerprint density at radius 2 is 1.40 bits per heavy atom. The highest BCUT2D eigenvalue weighted by Gasteiger charge is 2.57. The molecule has 0 saturated carbocycles. The zero-order chi connectivity index (χ0) is 34.7. The standard InChI is InChI=1S/C18H22BrNO5.C17H22N2O4/c1-16(2,3)25-15(22)20-13-8-11(19)6-7-12(13)18(14(20)21)9-23-17(4,5)24-10-18;1-16(2)22-10-17(11-23-16)13-4-3-12(9-14(13)18-15(17)20)19-5-7-21-8-6-19/h6-8H,9-10H2,1-5H3;3-4,9H,5-8,10-11H2,1-2H3,(H,18,20). The van der Waals surface area contributed by atoms with Gasteiger partial charge in [-0.25, -0.2) is 9.69 Å². The predicted molar refractivity (Wildman–Crippen MR) is 181 cm³/mol. The van der Waals surface area contributed by atoms with Crippen LogP contribution in [0.15, 0.2) is 40.9 Å². The summed E-state index contributed by atoms with van der Waals surface area (Å²) in [4.78, 5) is 41.9. The highest BCUT2D eigenvalue weighted by atomic mass is 79.9. The molecule has 5 heterocycles. The molecular formula is C35H44BrN3O9. The maximum Gasteiger partial charge on any atom is 0.421 e. The van der Waals surface area contributed by atoms with Crippen molar-refractivity contribution >= 4 is 50.9 Å². The van der Waals surface area contributed by atoms with Crippen LogP contribution in [0.5, 0.6) is 0 Å². The van der Waals surface area contributed by atoms with E-state index in [0.717, 1.165) is 52.6 Å². The van der Waals surface area contributed by atoms with Crippen LogP contribution in [0.3, 0.4) is 0 Å². The topological polar surface area (TPSA) is 125 Å². The second-order valence-corrected chi connectivity index (χ2v) is 15.6. The monoisotopic (exact) mass is 729 g/mol. The normalized spacial score (nSPS) is 23.2. The number of carbonyl (C=O) groups excluding carboxylic acids is 3. The maximum atomic E-state index is 13.2. The van der Waals surface area contributed by atoms with Crippen molar-refractivity contribution in [3.63, 3.8) is 0 Å². The van der Waals surface area contributed by atoms with Crippen molar-refractivity contribution in [1.29, 1.82) is 0 Å². The predicted octanol–water partition coefficient (Wildman–Crippen LogP) is 5.25. The molecule has 5 aliphatic heterocycles. The lowest BCUT2D eigenvalue weighted by atomic mass is 9.82. The highest BCUT2D eigenvalue weighted by Crippen LogP contribution is 2.47. The number of nitrogens with zero attached hydrogens (tertiary/aromatic N) is 2. The van der Waals surface area contributed by atoms with Crippen LogP contribution in [0.2, 0.25) is 0 Å². The Balaban J connectivity index is 0.000000168. The molecule has 0 unspecified atom stereocenters. The van der Waals surface area contributed by atoms with Crippen LogP contribution in [-0.2, 0) is 48.8 Å². The minimum Gasteiger partial charge on any atom is -0.443 e. The summed E-state index contributed by atoms with van der Waals surface area (Å²) >= 11 is 3.40. The van der Waals surface area contributed by atoms with Crippen LogP contribution in [0.1, 0.15) is 59.6 Å². The third kappa shape index (κ3) is 6.48. The van der Waals surface area contributed by atoms with Gasteiger partial charge in [-0.1, -0.05) is 28.1 Å². The second kappa shape index (κ2) is 12.4. The summed E-state index contributed by atoms with van der Waals surface area (Å²) in [5.74, 6) is -1.82. The van der Waals surface area contributed by atoms with Crippen LogP contribution >= 0.6 is 15.9 Å². The van der Waals surface area contributed by atoms with Gasteiger partial charge in [0.15, 0.2) is 11.6 Å². The Morgan fingerprint density at radius 3 is 1.98 bits per heavy atom. The van der Waals surface area contributed by atoms with Gasteiger partial charge in [0.25, 0.3) is 5.91 Å². The van der Waals surface area contributed by atoms with E-state index in [-0.39, 0.29) is 25.0 Å². The van der Waals surface area contributed by atoms with Gasteiger partial charge in [-0.3, -0.25) is 9.59 Å². The van der Waals surface area contributed by atoms with Gasteiger partial charge in [0.05, 0.1) is 45.3 Å². The number of morpholine rings is 1. The van der Waals surface area contributed by atoms with Crippen LogP contribution in [-0.4, -0.2) is 87.8 Å². The van der Waals surface area contributed by atoms with E-state index < -0.39 is 34.1 Å². The van der Waals surface area contributed by atoms with Gasteiger partial charge in [0.2, 0.25) is 5.91 Å². The number of nitrogens with one attached hydrogen (secondary N) is 1. The zero-order valence-corrected chi connectivity index (χ0v) is 30.2. The number of halogens is 1. The summed E-state index contributed by atoms with van der Waals surface area (Å²) in [6.07, 6.45) is -0.696. The van der Waals surface area contributed by atoms with E-state index in [1.807, 2.05) is 38.1 Å². The SMILES string of the molecule is CC(C)(C)OC(=O)N1C(=O)C2(COC(C)(C)OC2)c2ccc(Br)cc21.CC1(C)OCC2(CO1)C(=O)Nc1cc(N3CCOCC3)ccc12. The molecule has 7 rings (SSSR count). The lowest BCUT2D eigenvalue weighted by Crippen LogP contribution is -2.55. The Bertz CT molecular complexity index is 1590. The fourth-order valence-corrected chi connectivity index (χ4v) is 6.73. The first-order chi connectivity index (χ1) is 22.5. The van der Waals surface area contributed by atoms with Crippen molar-refractivity contribution in [2.75, 3.05) is 67.8 Å². The molecule has 0 radical (unpaired) electrons. The number of rotatable bonds is 1. The van der Waals surface area contributed by atoms with Gasteiger partial charge < -0.3 is 38.6 Å². The number of amides is 3. The number of benzene rings is 2. The van der Waals surface area contributed by atoms with Gasteiger partial charge in [-0.2, -0.15) is 0 Å². The highest BCUT2D eigenvalue weighted by molar-refractivity contribution is 9.10. The number of hydrogen-bond acceptors (Lipinski definition) is 10. The molecule has 3 saturated heterocycles. The Hall–Kier alpha value is -3.07. The van der Waals surface area contributed by atoms with Gasteiger partial charge in [0, 0.05) is 28.9 Å². The number of anilines is 3. The molecule has 0 atom stereocenters. The molecule has 2 spiro atoms. The van der Waals surface area contributed by atoms with Crippen LogP contribution < -0.4 is 15.1 Å². The van der Waals surface area contributed by atoms with E-state index in [2.05, 4.69) is 32.2 Å². The van der Waals surface area contributed by atoms with Crippen molar-refractivity contribution in [2.45, 2.75) is 76.5 Å².